The van der Waals surface area contributed by atoms with Crippen LogP contribution >= 0.6 is 0 Å². The molecule has 0 radical (unpaired) electrons. The summed E-state index contributed by atoms with van der Waals surface area (Å²) in [4.78, 5) is 16.2. The van der Waals surface area contributed by atoms with Crippen molar-refractivity contribution in [3.8, 4) is 0 Å². The second-order valence-corrected chi connectivity index (χ2v) is 5.56. The zero-order valence-electron chi connectivity index (χ0n) is 12.5. The molecule has 0 saturated heterocycles. The molecule has 0 spiro atoms. The Bertz CT molecular complexity index is 648. The Morgan fingerprint density at radius 2 is 2.14 bits per heavy atom. The van der Waals surface area contributed by atoms with Crippen LogP contribution in [0.15, 0.2) is 49.1 Å². The summed E-state index contributed by atoms with van der Waals surface area (Å²) in [5, 5.41) is 7.20. The second kappa shape index (κ2) is 7.02. The van der Waals surface area contributed by atoms with Gasteiger partial charge in [-0.3, -0.25) is 4.79 Å². The molecule has 0 bridgehead atoms. The number of aromatic nitrogens is 3. The van der Waals surface area contributed by atoms with E-state index in [9.17, 15) is 4.79 Å². The average molecular weight is 296 g/mol. The van der Waals surface area contributed by atoms with Crippen LogP contribution in [0, 0.1) is 5.92 Å². The van der Waals surface area contributed by atoms with Gasteiger partial charge in [0, 0.05) is 12.5 Å². The van der Waals surface area contributed by atoms with Crippen LogP contribution in [0.1, 0.15) is 30.4 Å². The first-order valence-corrected chi connectivity index (χ1v) is 7.65. The van der Waals surface area contributed by atoms with E-state index in [-0.39, 0.29) is 11.8 Å². The molecule has 1 aliphatic carbocycles. The van der Waals surface area contributed by atoms with Crippen molar-refractivity contribution in [3.63, 3.8) is 0 Å². The lowest BCUT2D eigenvalue weighted by atomic mass is 9.93. The maximum atomic E-state index is 12.2. The largest absolute Gasteiger partial charge is 0.352 e. The van der Waals surface area contributed by atoms with E-state index >= 15 is 0 Å². The maximum absolute atomic E-state index is 12.2. The van der Waals surface area contributed by atoms with Crippen molar-refractivity contribution in [2.75, 3.05) is 0 Å². The number of allylic oxidation sites excluding steroid dienone is 2. The highest BCUT2D eigenvalue weighted by atomic mass is 16.1. The highest BCUT2D eigenvalue weighted by Gasteiger charge is 2.18. The van der Waals surface area contributed by atoms with E-state index in [2.05, 4.69) is 33.6 Å². The van der Waals surface area contributed by atoms with Gasteiger partial charge < -0.3 is 5.32 Å². The van der Waals surface area contributed by atoms with E-state index in [1.54, 1.807) is 11.0 Å². The smallest absolute Gasteiger partial charge is 0.223 e. The lowest BCUT2D eigenvalue weighted by molar-refractivity contribution is -0.125. The summed E-state index contributed by atoms with van der Waals surface area (Å²) in [7, 11) is 0. The standard InChI is InChI=1S/C17H20N4O/c22-17(14-6-2-1-3-7-14)19-10-15-8-4-5-9-16(15)11-21-13-18-12-20-21/h1-2,4-5,8-9,12-14H,3,6-7,10-11H2,(H,19,22)/t14-/m0/s1. The first kappa shape index (κ1) is 14.5. The number of nitrogens with one attached hydrogen (secondary N) is 1. The molecule has 5 nitrogen and oxygen atoms in total. The number of hydrogen-bond donors (Lipinski definition) is 1. The van der Waals surface area contributed by atoms with Crippen molar-refractivity contribution in [1.29, 1.82) is 0 Å². The molecule has 2 aromatic rings. The molecule has 1 amide bonds. The number of hydrogen-bond acceptors (Lipinski definition) is 3. The number of rotatable bonds is 5. The predicted octanol–water partition coefficient (Wildman–Crippen LogP) is 2.30. The van der Waals surface area contributed by atoms with Gasteiger partial charge in [0.2, 0.25) is 5.91 Å². The summed E-state index contributed by atoms with van der Waals surface area (Å²) in [5.41, 5.74) is 2.27. The number of amides is 1. The first-order chi connectivity index (χ1) is 10.8. The normalized spacial score (nSPS) is 17.4. The third kappa shape index (κ3) is 3.61. The van der Waals surface area contributed by atoms with Crippen LogP contribution in [0.4, 0.5) is 0 Å². The lowest BCUT2D eigenvalue weighted by Crippen LogP contribution is -2.31. The summed E-state index contributed by atoms with van der Waals surface area (Å²) in [6, 6.07) is 8.11. The van der Waals surface area contributed by atoms with Gasteiger partial charge in [0.25, 0.3) is 0 Å². The SMILES string of the molecule is O=C(NCc1ccccc1Cn1cncn1)[C@H]1CC=CCC1. The van der Waals surface area contributed by atoms with Gasteiger partial charge in [0.15, 0.2) is 0 Å². The third-order valence-electron chi connectivity index (χ3n) is 4.01. The average Bonchev–Trinajstić information content (AvgIpc) is 3.07. The minimum atomic E-state index is 0.118. The summed E-state index contributed by atoms with van der Waals surface area (Å²) < 4.78 is 1.78. The molecule has 3 rings (SSSR count). The van der Waals surface area contributed by atoms with Crippen LogP contribution < -0.4 is 5.32 Å². The summed E-state index contributed by atoms with van der Waals surface area (Å²) in [5.74, 6) is 0.271. The lowest BCUT2D eigenvalue weighted by Gasteiger charge is -2.18. The number of carbonyl (C=O) groups is 1. The quantitative estimate of drug-likeness (QED) is 0.861. The Labute approximate surface area is 130 Å². The fraction of sp³-hybridized carbons (Fsp3) is 0.353. The fourth-order valence-corrected chi connectivity index (χ4v) is 2.73. The Balaban J connectivity index is 1.62. The van der Waals surface area contributed by atoms with E-state index in [0.29, 0.717) is 13.1 Å². The van der Waals surface area contributed by atoms with Crippen LogP contribution in [0.3, 0.4) is 0 Å². The van der Waals surface area contributed by atoms with Crippen LogP contribution in [0.5, 0.6) is 0 Å². The van der Waals surface area contributed by atoms with Gasteiger partial charge >= 0.3 is 0 Å². The Morgan fingerprint density at radius 1 is 1.27 bits per heavy atom. The summed E-state index contributed by atoms with van der Waals surface area (Å²) >= 11 is 0. The zero-order valence-corrected chi connectivity index (χ0v) is 12.5. The Morgan fingerprint density at radius 3 is 2.86 bits per heavy atom. The van der Waals surface area contributed by atoms with Crippen LogP contribution in [-0.4, -0.2) is 20.7 Å². The van der Waals surface area contributed by atoms with Crippen molar-refractivity contribution in [3.05, 3.63) is 60.2 Å². The summed E-state index contributed by atoms with van der Waals surface area (Å²) in [6.45, 7) is 1.22. The molecule has 1 aromatic carbocycles. The molecule has 5 heteroatoms. The molecule has 22 heavy (non-hydrogen) atoms. The van der Waals surface area contributed by atoms with Crippen molar-refractivity contribution < 1.29 is 4.79 Å². The highest BCUT2D eigenvalue weighted by molar-refractivity contribution is 5.79. The van der Waals surface area contributed by atoms with E-state index in [1.807, 2.05) is 18.2 Å². The van der Waals surface area contributed by atoms with Gasteiger partial charge in [-0.25, -0.2) is 9.67 Å². The minimum Gasteiger partial charge on any atom is -0.352 e. The summed E-state index contributed by atoms with van der Waals surface area (Å²) in [6.07, 6.45) is 10.3. The second-order valence-electron chi connectivity index (χ2n) is 5.56. The van der Waals surface area contributed by atoms with E-state index in [0.717, 1.165) is 30.4 Å². The number of carbonyl (C=O) groups excluding carboxylic acids is 1. The molecule has 0 fully saturated rings. The molecule has 1 aromatic heterocycles. The highest BCUT2D eigenvalue weighted by Crippen LogP contribution is 2.18. The van der Waals surface area contributed by atoms with Crippen LogP contribution in [-0.2, 0) is 17.9 Å². The molecule has 1 heterocycles. The Hall–Kier alpha value is -2.43. The molecule has 0 unspecified atom stereocenters. The van der Waals surface area contributed by atoms with Gasteiger partial charge in [-0.05, 0) is 30.4 Å². The van der Waals surface area contributed by atoms with E-state index < -0.39 is 0 Å². The minimum absolute atomic E-state index is 0.118. The van der Waals surface area contributed by atoms with Crippen LogP contribution in [0.25, 0.3) is 0 Å². The molecule has 0 saturated carbocycles. The van der Waals surface area contributed by atoms with Gasteiger partial charge in [0.1, 0.15) is 12.7 Å². The Kier molecular flexibility index (Phi) is 4.63. The molecule has 0 aliphatic heterocycles. The number of benzene rings is 1. The van der Waals surface area contributed by atoms with Gasteiger partial charge in [0.05, 0.1) is 6.54 Å². The van der Waals surface area contributed by atoms with Gasteiger partial charge in [-0.1, -0.05) is 36.4 Å². The van der Waals surface area contributed by atoms with Crippen molar-refractivity contribution in [2.45, 2.75) is 32.4 Å². The topological polar surface area (TPSA) is 59.8 Å². The van der Waals surface area contributed by atoms with E-state index in [1.165, 1.54) is 6.33 Å². The molecular formula is C17H20N4O. The number of nitrogens with zero attached hydrogens (tertiary/aromatic N) is 3. The van der Waals surface area contributed by atoms with E-state index in [4.69, 9.17) is 0 Å². The van der Waals surface area contributed by atoms with Crippen LogP contribution in [0.2, 0.25) is 0 Å². The third-order valence-corrected chi connectivity index (χ3v) is 4.01. The molecule has 114 valence electrons. The van der Waals surface area contributed by atoms with Gasteiger partial charge in [-0.15, -0.1) is 0 Å². The molecule has 1 atom stereocenters. The molecular weight excluding hydrogens is 276 g/mol. The molecule has 1 N–H and O–H groups in total. The maximum Gasteiger partial charge on any atom is 0.223 e. The zero-order chi connectivity index (χ0) is 15.2. The van der Waals surface area contributed by atoms with Crippen molar-refractivity contribution in [2.24, 2.45) is 5.92 Å². The first-order valence-electron chi connectivity index (χ1n) is 7.65. The van der Waals surface area contributed by atoms with Crippen molar-refractivity contribution in [1.82, 2.24) is 20.1 Å². The monoisotopic (exact) mass is 296 g/mol. The van der Waals surface area contributed by atoms with Crippen molar-refractivity contribution >= 4 is 5.91 Å². The fourth-order valence-electron chi connectivity index (χ4n) is 2.73. The molecule has 1 aliphatic rings. The van der Waals surface area contributed by atoms with Gasteiger partial charge in [-0.2, -0.15) is 5.10 Å². The predicted molar refractivity (Wildman–Crippen MR) is 83.9 cm³/mol.